The van der Waals surface area contributed by atoms with Crippen molar-refractivity contribution in [3.8, 4) is 0 Å². The van der Waals surface area contributed by atoms with Crippen LogP contribution in [0.2, 0.25) is 0 Å². The van der Waals surface area contributed by atoms with Crippen molar-refractivity contribution >= 4 is 12.0 Å². The molecule has 5 heteroatoms. The smallest absolute Gasteiger partial charge is 0.315 e. The number of carboxylic acids is 1. The van der Waals surface area contributed by atoms with Crippen LogP contribution < -0.4 is 5.73 Å². The monoisotopic (exact) mass is 172 g/mol. The maximum absolute atomic E-state index is 10.7. The number of nitrogens with zero attached hydrogens (tertiary/aromatic N) is 1. The molecule has 1 rings (SSSR count). The van der Waals surface area contributed by atoms with Gasteiger partial charge in [0.15, 0.2) is 0 Å². The second kappa shape index (κ2) is 3.42. The van der Waals surface area contributed by atoms with Gasteiger partial charge in [-0.3, -0.25) is 4.79 Å². The van der Waals surface area contributed by atoms with Crippen LogP contribution in [0.15, 0.2) is 0 Å². The van der Waals surface area contributed by atoms with Crippen LogP contribution in [0.25, 0.3) is 0 Å². The summed E-state index contributed by atoms with van der Waals surface area (Å²) in [6, 6.07) is -0.709. The number of hydrogen-bond acceptors (Lipinski definition) is 2. The third kappa shape index (κ3) is 1.87. The van der Waals surface area contributed by atoms with Gasteiger partial charge in [0.25, 0.3) is 0 Å². The van der Waals surface area contributed by atoms with E-state index in [1.165, 1.54) is 4.90 Å². The Hall–Kier alpha value is -1.26. The molecule has 0 saturated carbocycles. The largest absolute Gasteiger partial charge is 0.481 e. The summed E-state index contributed by atoms with van der Waals surface area (Å²) >= 11 is 0. The van der Waals surface area contributed by atoms with Gasteiger partial charge in [-0.2, -0.15) is 0 Å². The van der Waals surface area contributed by atoms with Crippen LogP contribution >= 0.6 is 0 Å². The molecule has 68 valence electrons. The first kappa shape index (κ1) is 8.83. The molecule has 1 atom stereocenters. The van der Waals surface area contributed by atoms with Crippen LogP contribution in [0.4, 0.5) is 4.79 Å². The molecule has 1 aliphatic rings. The summed E-state index contributed by atoms with van der Waals surface area (Å²) in [7, 11) is 0. The Morgan fingerprint density at radius 1 is 1.58 bits per heavy atom. The van der Waals surface area contributed by atoms with E-state index in [9.17, 15) is 9.59 Å². The van der Waals surface area contributed by atoms with Crippen molar-refractivity contribution in [1.82, 2.24) is 4.90 Å². The van der Waals surface area contributed by atoms with Crippen LogP contribution in [-0.4, -0.2) is 34.6 Å². The Balaban J connectivity index is 2.52. The standard InChI is InChI=1S/C7H12N2O3/c8-7(12)9-3-1-2-5(9)4-6(10)11/h5H,1-4H2,(H2,8,12)(H,10,11). The quantitative estimate of drug-likeness (QED) is 0.615. The van der Waals surface area contributed by atoms with Gasteiger partial charge in [-0.15, -0.1) is 0 Å². The highest BCUT2D eigenvalue weighted by Gasteiger charge is 2.28. The van der Waals surface area contributed by atoms with Crippen molar-refractivity contribution in [2.45, 2.75) is 25.3 Å². The molecule has 1 heterocycles. The highest BCUT2D eigenvalue weighted by molar-refractivity contribution is 5.74. The fourth-order valence-corrected chi connectivity index (χ4v) is 1.54. The molecule has 0 spiro atoms. The number of nitrogens with two attached hydrogens (primary N) is 1. The second-order valence-corrected chi connectivity index (χ2v) is 2.93. The number of hydrogen-bond donors (Lipinski definition) is 2. The van der Waals surface area contributed by atoms with Gasteiger partial charge in [0.2, 0.25) is 0 Å². The van der Waals surface area contributed by atoms with Crippen LogP contribution in [-0.2, 0) is 4.79 Å². The lowest BCUT2D eigenvalue weighted by Gasteiger charge is -2.20. The van der Waals surface area contributed by atoms with Crippen molar-refractivity contribution in [3.63, 3.8) is 0 Å². The predicted molar refractivity (Wildman–Crippen MR) is 41.6 cm³/mol. The van der Waals surface area contributed by atoms with Gasteiger partial charge in [0.1, 0.15) is 0 Å². The van der Waals surface area contributed by atoms with Gasteiger partial charge in [0.05, 0.1) is 6.42 Å². The molecule has 1 fully saturated rings. The molecule has 0 bridgehead atoms. The Morgan fingerprint density at radius 2 is 2.25 bits per heavy atom. The first-order valence-corrected chi connectivity index (χ1v) is 3.89. The molecule has 2 amide bonds. The number of carboxylic acid groups (broad SMARTS) is 1. The Morgan fingerprint density at radius 3 is 2.75 bits per heavy atom. The number of urea groups is 1. The number of likely N-dealkylation sites (tertiary alicyclic amines) is 1. The lowest BCUT2D eigenvalue weighted by atomic mass is 10.1. The van der Waals surface area contributed by atoms with E-state index >= 15 is 0 Å². The van der Waals surface area contributed by atoms with E-state index in [0.29, 0.717) is 6.54 Å². The molecule has 3 N–H and O–H groups in total. The maximum atomic E-state index is 10.7. The van der Waals surface area contributed by atoms with Gasteiger partial charge >= 0.3 is 12.0 Å². The van der Waals surface area contributed by atoms with Crippen LogP contribution in [0, 0.1) is 0 Å². The summed E-state index contributed by atoms with van der Waals surface area (Å²) < 4.78 is 0. The fraction of sp³-hybridized carbons (Fsp3) is 0.714. The number of rotatable bonds is 2. The Kier molecular flexibility index (Phi) is 2.52. The van der Waals surface area contributed by atoms with Crippen molar-refractivity contribution in [1.29, 1.82) is 0 Å². The molecule has 0 aromatic heterocycles. The third-order valence-electron chi connectivity index (χ3n) is 2.07. The summed E-state index contributed by atoms with van der Waals surface area (Å²) in [6.07, 6.45) is 1.60. The molecule has 1 aliphatic heterocycles. The van der Waals surface area contributed by atoms with Crippen LogP contribution in [0.5, 0.6) is 0 Å². The predicted octanol–water partition coefficient (Wildman–Crippen LogP) is 0.00420. The number of carbonyl (C=O) groups excluding carboxylic acids is 1. The zero-order valence-electron chi connectivity index (χ0n) is 6.69. The van der Waals surface area contributed by atoms with Crippen LogP contribution in [0.1, 0.15) is 19.3 Å². The van der Waals surface area contributed by atoms with E-state index in [2.05, 4.69) is 0 Å². The summed E-state index contributed by atoms with van der Waals surface area (Å²) in [5.41, 5.74) is 5.06. The van der Waals surface area contributed by atoms with Gasteiger partial charge < -0.3 is 15.7 Å². The van der Waals surface area contributed by atoms with Gasteiger partial charge in [-0.05, 0) is 12.8 Å². The molecule has 12 heavy (non-hydrogen) atoms. The van der Waals surface area contributed by atoms with Gasteiger partial charge in [-0.25, -0.2) is 4.79 Å². The average Bonchev–Trinajstić information content (AvgIpc) is 2.33. The summed E-state index contributed by atoms with van der Waals surface area (Å²) in [5.74, 6) is -0.881. The number of carbonyl (C=O) groups is 2. The maximum Gasteiger partial charge on any atom is 0.315 e. The topological polar surface area (TPSA) is 83.6 Å². The number of aliphatic carboxylic acids is 1. The average molecular weight is 172 g/mol. The minimum Gasteiger partial charge on any atom is -0.481 e. The van der Waals surface area contributed by atoms with Crippen molar-refractivity contribution < 1.29 is 14.7 Å². The minimum atomic E-state index is -0.881. The van der Waals surface area contributed by atoms with Crippen molar-refractivity contribution in [2.75, 3.05) is 6.54 Å². The minimum absolute atomic E-state index is 0.00292. The third-order valence-corrected chi connectivity index (χ3v) is 2.07. The zero-order valence-corrected chi connectivity index (χ0v) is 6.69. The molecule has 0 aromatic carbocycles. The van der Waals surface area contributed by atoms with Gasteiger partial charge in [0, 0.05) is 12.6 Å². The normalized spacial score (nSPS) is 22.7. The lowest BCUT2D eigenvalue weighted by Crippen LogP contribution is -2.40. The Labute approximate surface area is 70.1 Å². The van der Waals surface area contributed by atoms with E-state index in [0.717, 1.165) is 12.8 Å². The summed E-state index contributed by atoms with van der Waals surface area (Å²) in [4.78, 5) is 22.5. The van der Waals surface area contributed by atoms with Gasteiger partial charge in [-0.1, -0.05) is 0 Å². The molecule has 0 aromatic rings. The van der Waals surface area contributed by atoms with E-state index in [-0.39, 0.29) is 12.5 Å². The van der Waals surface area contributed by atoms with E-state index in [1.54, 1.807) is 0 Å². The Bertz CT molecular complexity index is 205. The lowest BCUT2D eigenvalue weighted by molar-refractivity contribution is -0.137. The molecule has 5 nitrogen and oxygen atoms in total. The van der Waals surface area contributed by atoms with E-state index < -0.39 is 12.0 Å². The first-order chi connectivity index (χ1) is 5.61. The molecular formula is C7H12N2O3. The summed E-state index contributed by atoms with van der Waals surface area (Å²) in [5, 5.41) is 8.49. The summed E-state index contributed by atoms with van der Waals surface area (Å²) in [6.45, 7) is 0.591. The molecular weight excluding hydrogens is 160 g/mol. The first-order valence-electron chi connectivity index (χ1n) is 3.89. The molecule has 1 unspecified atom stereocenters. The number of amides is 2. The molecule has 0 radical (unpaired) electrons. The number of primary amides is 1. The highest BCUT2D eigenvalue weighted by Crippen LogP contribution is 2.19. The van der Waals surface area contributed by atoms with E-state index in [1.807, 2.05) is 0 Å². The molecule has 1 saturated heterocycles. The van der Waals surface area contributed by atoms with E-state index in [4.69, 9.17) is 10.8 Å². The molecule has 0 aliphatic carbocycles. The van der Waals surface area contributed by atoms with Crippen molar-refractivity contribution in [3.05, 3.63) is 0 Å². The second-order valence-electron chi connectivity index (χ2n) is 2.93. The van der Waals surface area contributed by atoms with Crippen LogP contribution in [0.3, 0.4) is 0 Å². The highest BCUT2D eigenvalue weighted by atomic mass is 16.4. The van der Waals surface area contributed by atoms with Crippen molar-refractivity contribution in [2.24, 2.45) is 5.73 Å². The zero-order chi connectivity index (χ0) is 9.14. The fourth-order valence-electron chi connectivity index (χ4n) is 1.54. The SMILES string of the molecule is NC(=O)N1CCCC1CC(=O)O.